The van der Waals surface area contributed by atoms with E-state index in [-0.39, 0.29) is 0 Å². The van der Waals surface area contributed by atoms with Crippen LogP contribution in [0.25, 0.3) is 11.6 Å². The molecule has 2 aromatic rings. The molecule has 0 atom stereocenters. The fraction of sp³-hybridized carbons (Fsp3) is 0.0588. The van der Waals surface area contributed by atoms with Crippen LogP contribution in [0, 0.1) is 0 Å². The molecule has 0 unspecified atom stereocenters. The molecule has 0 nitrogen and oxygen atoms in total. The smallest absolute Gasteiger partial charge is 0.00940 e. The summed E-state index contributed by atoms with van der Waals surface area (Å²) in [5, 5.41) is 0. The van der Waals surface area contributed by atoms with E-state index in [0.29, 0.717) is 0 Å². The van der Waals surface area contributed by atoms with Gasteiger partial charge in [-0.15, -0.1) is 6.58 Å². The van der Waals surface area contributed by atoms with Gasteiger partial charge in [-0.05, 0) is 23.1 Å². The van der Waals surface area contributed by atoms with E-state index in [2.05, 4.69) is 61.2 Å². The van der Waals surface area contributed by atoms with E-state index < -0.39 is 0 Å². The van der Waals surface area contributed by atoms with Crippen molar-refractivity contribution in [3.8, 4) is 0 Å². The summed E-state index contributed by atoms with van der Waals surface area (Å²) < 4.78 is 0. The van der Waals surface area contributed by atoms with Crippen LogP contribution in [0.1, 0.15) is 17.5 Å². The summed E-state index contributed by atoms with van der Waals surface area (Å²) in [7, 11) is 0. The predicted molar refractivity (Wildman–Crippen MR) is 75.6 cm³/mol. The summed E-state index contributed by atoms with van der Waals surface area (Å²) in [6.45, 7) is 3.83. The van der Waals surface area contributed by atoms with E-state index in [1.54, 1.807) is 0 Å². The maximum absolute atomic E-state index is 3.83. The van der Waals surface area contributed by atoms with Crippen molar-refractivity contribution in [3.63, 3.8) is 0 Å². The van der Waals surface area contributed by atoms with Crippen LogP contribution in [0.5, 0.6) is 0 Å². The fourth-order valence-corrected chi connectivity index (χ4v) is 1.82. The lowest BCUT2D eigenvalue weighted by Crippen LogP contribution is -1.83. The van der Waals surface area contributed by atoms with E-state index in [1.807, 2.05) is 18.2 Å². The van der Waals surface area contributed by atoms with Crippen molar-refractivity contribution in [1.82, 2.24) is 0 Å². The van der Waals surface area contributed by atoms with Crippen molar-refractivity contribution in [2.45, 2.75) is 6.42 Å². The molecule has 0 spiro atoms. The van der Waals surface area contributed by atoms with Crippen molar-refractivity contribution in [2.75, 3.05) is 0 Å². The average molecular weight is 220 g/mol. The van der Waals surface area contributed by atoms with Gasteiger partial charge in [-0.3, -0.25) is 0 Å². The van der Waals surface area contributed by atoms with Crippen molar-refractivity contribution in [3.05, 3.63) is 84.4 Å². The van der Waals surface area contributed by atoms with Crippen LogP contribution in [-0.4, -0.2) is 0 Å². The topological polar surface area (TPSA) is 0 Å². The highest BCUT2D eigenvalue weighted by Crippen LogP contribution is 2.21. The van der Waals surface area contributed by atoms with Gasteiger partial charge < -0.3 is 0 Å². The largest absolute Gasteiger partial charge is 0.103 e. The third-order valence-corrected chi connectivity index (χ3v) is 2.65. The Bertz CT molecular complexity index is 492. The number of hydrogen-bond acceptors (Lipinski definition) is 0. The van der Waals surface area contributed by atoms with Crippen molar-refractivity contribution >= 4 is 11.6 Å². The first-order valence-electron chi connectivity index (χ1n) is 5.82. The van der Waals surface area contributed by atoms with Crippen LogP contribution in [0.4, 0.5) is 0 Å². The van der Waals surface area contributed by atoms with Gasteiger partial charge in [0.05, 0.1) is 0 Å². The summed E-state index contributed by atoms with van der Waals surface area (Å²) in [6.07, 6.45) is 5.05. The molecule has 0 saturated carbocycles. The van der Waals surface area contributed by atoms with E-state index in [1.165, 1.54) is 16.7 Å². The third-order valence-electron chi connectivity index (χ3n) is 2.65. The molecule has 0 heteroatoms. The Labute approximate surface area is 103 Å². The molecule has 0 aliphatic heterocycles. The highest BCUT2D eigenvalue weighted by molar-refractivity contribution is 5.82. The first kappa shape index (κ1) is 11.4. The number of benzene rings is 2. The number of rotatable bonds is 4. The highest BCUT2D eigenvalue weighted by atomic mass is 14.0. The lowest BCUT2D eigenvalue weighted by atomic mass is 10.00. The molecule has 0 aliphatic rings. The third kappa shape index (κ3) is 3.18. The quantitative estimate of drug-likeness (QED) is 0.512. The summed E-state index contributed by atoms with van der Waals surface area (Å²) in [6, 6.07) is 20.8. The molecule has 0 fully saturated rings. The molecule has 84 valence electrons. The molecule has 17 heavy (non-hydrogen) atoms. The SMILES string of the molecule is C=CC/C(=C\c1ccccc1)c1ccccc1. The van der Waals surface area contributed by atoms with Crippen molar-refractivity contribution in [1.29, 1.82) is 0 Å². The first-order valence-corrected chi connectivity index (χ1v) is 5.82. The Morgan fingerprint density at radius 2 is 1.47 bits per heavy atom. The maximum atomic E-state index is 3.83. The Morgan fingerprint density at radius 1 is 0.882 bits per heavy atom. The van der Waals surface area contributed by atoms with E-state index in [9.17, 15) is 0 Å². The first-order chi connectivity index (χ1) is 8.40. The van der Waals surface area contributed by atoms with Gasteiger partial charge in [0.2, 0.25) is 0 Å². The second kappa shape index (κ2) is 5.86. The van der Waals surface area contributed by atoms with Gasteiger partial charge in [0, 0.05) is 0 Å². The Balaban J connectivity index is 2.36. The zero-order chi connectivity index (χ0) is 11.9. The fourth-order valence-electron chi connectivity index (χ4n) is 1.82. The Kier molecular flexibility index (Phi) is 3.93. The molecular formula is C17H16. The summed E-state index contributed by atoms with van der Waals surface area (Å²) in [5.41, 5.74) is 3.79. The molecule has 0 heterocycles. The molecule has 0 aromatic heterocycles. The van der Waals surface area contributed by atoms with E-state index >= 15 is 0 Å². The van der Waals surface area contributed by atoms with Crippen LogP contribution >= 0.6 is 0 Å². The molecule has 2 aromatic carbocycles. The Morgan fingerprint density at radius 3 is 2.06 bits per heavy atom. The summed E-state index contributed by atoms with van der Waals surface area (Å²) in [5.74, 6) is 0. The van der Waals surface area contributed by atoms with Crippen LogP contribution in [-0.2, 0) is 0 Å². The second-order valence-corrected chi connectivity index (χ2v) is 3.94. The van der Waals surface area contributed by atoms with E-state index in [4.69, 9.17) is 0 Å². The summed E-state index contributed by atoms with van der Waals surface area (Å²) >= 11 is 0. The second-order valence-electron chi connectivity index (χ2n) is 3.94. The maximum Gasteiger partial charge on any atom is -0.00940 e. The molecule has 0 aliphatic carbocycles. The van der Waals surface area contributed by atoms with Crippen LogP contribution in [0.3, 0.4) is 0 Å². The lowest BCUT2D eigenvalue weighted by Gasteiger charge is -2.05. The summed E-state index contributed by atoms with van der Waals surface area (Å²) in [4.78, 5) is 0. The van der Waals surface area contributed by atoms with Gasteiger partial charge in [0.1, 0.15) is 0 Å². The number of allylic oxidation sites excluding steroid dienone is 2. The standard InChI is InChI=1S/C17H16/c1-2-9-17(16-12-7-4-8-13-16)14-15-10-5-3-6-11-15/h2-8,10-14H,1,9H2/b17-14+. The molecule has 0 N–H and O–H groups in total. The van der Waals surface area contributed by atoms with Gasteiger partial charge in [-0.1, -0.05) is 72.8 Å². The zero-order valence-corrected chi connectivity index (χ0v) is 9.84. The van der Waals surface area contributed by atoms with Gasteiger partial charge in [-0.2, -0.15) is 0 Å². The van der Waals surface area contributed by atoms with Gasteiger partial charge in [0.15, 0.2) is 0 Å². The van der Waals surface area contributed by atoms with Crippen LogP contribution in [0.2, 0.25) is 0 Å². The molecule has 0 amide bonds. The minimum absolute atomic E-state index is 0.888. The predicted octanol–water partition coefficient (Wildman–Crippen LogP) is 4.80. The van der Waals surface area contributed by atoms with Crippen LogP contribution < -0.4 is 0 Å². The lowest BCUT2D eigenvalue weighted by molar-refractivity contribution is 1.41. The molecular weight excluding hydrogens is 204 g/mol. The molecule has 0 radical (unpaired) electrons. The number of hydrogen-bond donors (Lipinski definition) is 0. The minimum atomic E-state index is 0.888. The normalized spacial score (nSPS) is 11.2. The van der Waals surface area contributed by atoms with Gasteiger partial charge >= 0.3 is 0 Å². The molecule has 0 bridgehead atoms. The van der Waals surface area contributed by atoms with E-state index in [0.717, 1.165) is 6.42 Å². The van der Waals surface area contributed by atoms with Gasteiger partial charge in [-0.25, -0.2) is 0 Å². The van der Waals surface area contributed by atoms with Crippen molar-refractivity contribution in [2.24, 2.45) is 0 Å². The van der Waals surface area contributed by atoms with Crippen molar-refractivity contribution < 1.29 is 0 Å². The average Bonchev–Trinajstić information content (AvgIpc) is 2.40. The molecule has 2 rings (SSSR count). The minimum Gasteiger partial charge on any atom is -0.103 e. The zero-order valence-electron chi connectivity index (χ0n) is 9.84. The monoisotopic (exact) mass is 220 g/mol. The highest BCUT2D eigenvalue weighted by Gasteiger charge is 1.98. The molecule has 0 saturated heterocycles. The Hall–Kier alpha value is -2.08. The van der Waals surface area contributed by atoms with Gasteiger partial charge in [0.25, 0.3) is 0 Å². The van der Waals surface area contributed by atoms with Crippen LogP contribution in [0.15, 0.2) is 73.3 Å².